The first-order valence-corrected chi connectivity index (χ1v) is 6.20. The number of halogens is 3. The second-order valence-corrected chi connectivity index (χ2v) is 4.62. The lowest BCUT2D eigenvalue weighted by Crippen LogP contribution is -2.39. The zero-order valence-electron chi connectivity index (χ0n) is 10.5. The molecule has 2 N–H and O–H groups in total. The molecule has 0 radical (unpaired) electrons. The fourth-order valence-electron chi connectivity index (χ4n) is 1.80. The first-order chi connectivity index (χ1) is 9.49. The molecule has 1 fully saturated rings. The van der Waals surface area contributed by atoms with Crippen LogP contribution in [0.15, 0.2) is 12.1 Å². The third-order valence-corrected chi connectivity index (χ3v) is 3.21. The molecule has 1 aromatic rings. The van der Waals surface area contributed by atoms with Gasteiger partial charge in [0.1, 0.15) is 0 Å². The second-order valence-electron chi connectivity index (χ2n) is 4.62. The number of hydrogen-bond acceptors (Lipinski definition) is 2. The average Bonchev–Trinajstić information content (AvgIpc) is 2.35. The van der Waals surface area contributed by atoms with Gasteiger partial charge in [0.2, 0.25) is 11.8 Å². The predicted molar refractivity (Wildman–Crippen MR) is 65.3 cm³/mol. The highest BCUT2D eigenvalue weighted by Gasteiger charge is 2.25. The standard InChI is InChI=1S/C13H13F3N2O2/c14-8-4-5-9(12(16)11(8)15)18-10(19)6-17-13(20)7-2-1-3-7/h4-5,7H,1-3,6H2,(H,17,20)(H,18,19). The summed E-state index contributed by atoms with van der Waals surface area (Å²) < 4.78 is 38.9. The van der Waals surface area contributed by atoms with Gasteiger partial charge < -0.3 is 10.6 Å². The molecular formula is C13H13F3N2O2. The molecule has 1 saturated carbocycles. The minimum Gasteiger partial charge on any atom is -0.347 e. The van der Waals surface area contributed by atoms with Gasteiger partial charge in [0.05, 0.1) is 12.2 Å². The normalized spacial score (nSPS) is 14.6. The van der Waals surface area contributed by atoms with Gasteiger partial charge in [-0.05, 0) is 25.0 Å². The molecule has 0 aliphatic heterocycles. The summed E-state index contributed by atoms with van der Waals surface area (Å²) in [6.07, 6.45) is 2.58. The maximum Gasteiger partial charge on any atom is 0.243 e. The smallest absolute Gasteiger partial charge is 0.243 e. The van der Waals surface area contributed by atoms with E-state index in [1.807, 2.05) is 0 Å². The third kappa shape index (κ3) is 3.09. The summed E-state index contributed by atoms with van der Waals surface area (Å²) in [5, 5.41) is 4.48. The van der Waals surface area contributed by atoms with E-state index in [2.05, 4.69) is 10.6 Å². The van der Waals surface area contributed by atoms with E-state index >= 15 is 0 Å². The van der Waals surface area contributed by atoms with Crippen molar-refractivity contribution in [2.24, 2.45) is 5.92 Å². The molecule has 2 rings (SSSR count). The summed E-state index contributed by atoms with van der Waals surface area (Å²) >= 11 is 0. The number of benzene rings is 1. The Balaban J connectivity index is 1.88. The monoisotopic (exact) mass is 286 g/mol. The van der Waals surface area contributed by atoms with Crippen LogP contribution in [-0.2, 0) is 9.59 Å². The van der Waals surface area contributed by atoms with Crippen molar-refractivity contribution in [1.82, 2.24) is 5.32 Å². The van der Waals surface area contributed by atoms with Crippen molar-refractivity contribution >= 4 is 17.5 Å². The van der Waals surface area contributed by atoms with Crippen molar-refractivity contribution in [3.05, 3.63) is 29.6 Å². The quantitative estimate of drug-likeness (QED) is 0.831. The topological polar surface area (TPSA) is 58.2 Å². The molecule has 1 aromatic carbocycles. The molecule has 20 heavy (non-hydrogen) atoms. The molecule has 0 unspecified atom stereocenters. The molecule has 0 bridgehead atoms. The average molecular weight is 286 g/mol. The second kappa shape index (κ2) is 5.94. The van der Waals surface area contributed by atoms with Crippen LogP contribution in [0.3, 0.4) is 0 Å². The van der Waals surface area contributed by atoms with Crippen LogP contribution in [0.1, 0.15) is 19.3 Å². The zero-order valence-corrected chi connectivity index (χ0v) is 10.5. The summed E-state index contributed by atoms with van der Waals surface area (Å²) in [6, 6.07) is 1.63. The van der Waals surface area contributed by atoms with E-state index in [1.54, 1.807) is 0 Å². The fraction of sp³-hybridized carbons (Fsp3) is 0.385. The van der Waals surface area contributed by atoms with Crippen LogP contribution in [0.5, 0.6) is 0 Å². The Bertz CT molecular complexity index is 545. The highest BCUT2D eigenvalue weighted by atomic mass is 19.2. The summed E-state index contributed by atoms with van der Waals surface area (Å²) in [6.45, 7) is -0.340. The van der Waals surface area contributed by atoms with Crippen LogP contribution in [0, 0.1) is 23.4 Å². The van der Waals surface area contributed by atoms with Crippen molar-refractivity contribution < 1.29 is 22.8 Å². The van der Waals surface area contributed by atoms with Crippen LogP contribution in [-0.4, -0.2) is 18.4 Å². The molecule has 0 heterocycles. The van der Waals surface area contributed by atoms with Crippen molar-refractivity contribution in [1.29, 1.82) is 0 Å². The minimum absolute atomic E-state index is 0.0669. The maximum atomic E-state index is 13.3. The lowest BCUT2D eigenvalue weighted by atomic mass is 9.85. The number of amides is 2. The van der Waals surface area contributed by atoms with Gasteiger partial charge in [-0.3, -0.25) is 9.59 Å². The summed E-state index contributed by atoms with van der Waals surface area (Å²) in [7, 11) is 0. The Morgan fingerprint density at radius 2 is 1.85 bits per heavy atom. The van der Waals surface area contributed by atoms with E-state index in [0.29, 0.717) is 6.07 Å². The van der Waals surface area contributed by atoms with Crippen molar-refractivity contribution in [2.45, 2.75) is 19.3 Å². The van der Waals surface area contributed by atoms with Gasteiger partial charge in [-0.1, -0.05) is 6.42 Å². The van der Waals surface area contributed by atoms with Crippen LogP contribution in [0.25, 0.3) is 0 Å². The third-order valence-electron chi connectivity index (χ3n) is 3.21. The molecule has 0 atom stereocenters. The predicted octanol–water partition coefficient (Wildman–Crippen LogP) is 1.96. The molecule has 0 saturated heterocycles. The van der Waals surface area contributed by atoms with Gasteiger partial charge in [-0.2, -0.15) is 0 Å². The largest absolute Gasteiger partial charge is 0.347 e. The van der Waals surface area contributed by atoms with Crippen LogP contribution in [0.4, 0.5) is 18.9 Å². The number of carbonyl (C=O) groups excluding carboxylic acids is 2. The Kier molecular flexibility index (Phi) is 4.26. The molecule has 0 aromatic heterocycles. The lowest BCUT2D eigenvalue weighted by Gasteiger charge is -2.23. The lowest BCUT2D eigenvalue weighted by molar-refractivity contribution is -0.129. The van der Waals surface area contributed by atoms with Crippen LogP contribution in [0.2, 0.25) is 0 Å². The molecule has 7 heteroatoms. The van der Waals surface area contributed by atoms with Gasteiger partial charge >= 0.3 is 0 Å². The number of nitrogens with one attached hydrogen (secondary N) is 2. The van der Waals surface area contributed by atoms with Gasteiger partial charge in [-0.25, -0.2) is 13.2 Å². The molecule has 1 aliphatic carbocycles. The molecular weight excluding hydrogens is 273 g/mol. The Morgan fingerprint density at radius 1 is 1.15 bits per heavy atom. The van der Waals surface area contributed by atoms with E-state index in [1.165, 1.54) is 0 Å². The number of carbonyl (C=O) groups is 2. The van der Waals surface area contributed by atoms with Gasteiger partial charge in [0.15, 0.2) is 17.5 Å². The Labute approximate surface area is 113 Å². The van der Waals surface area contributed by atoms with Crippen molar-refractivity contribution in [3.63, 3.8) is 0 Å². The number of hydrogen-bond donors (Lipinski definition) is 2. The summed E-state index contributed by atoms with van der Waals surface area (Å²) in [5.41, 5.74) is -0.466. The highest BCUT2D eigenvalue weighted by molar-refractivity contribution is 5.94. The molecule has 0 spiro atoms. The molecule has 108 valence electrons. The van der Waals surface area contributed by atoms with E-state index in [0.717, 1.165) is 25.3 Å². The SMILES string of the molecule is O=C(CNC(=O)C1CCC1)Nc1ccc(F)c(F)c1F. The van der Waals surface area contributed by atoms with Crippen molar-refractivity contribution in [3.8, 4) is 0 Å². The van der Waals surface area contributed by atoms with E-state index in [-0.39, 0.29) is 18.4 Å². The zero-order chi connectivity index (χ0) is 14.7. The molecule has 1 aliphatic rings. The van der Waals surface area contributed by atoms with Gasteiger partial charge in [0, 0.05) is 5.92 Å². The molecule has 2 amide bonds. The van der Waals surface area contributed by atoms with Crippen LogP contribution < -0.4 is 10.6 Å². The molecule has 4 nitrogen and oxygen atoms in total. The first kappa shape index (κ1) is 14.4. The maximum absolute atomic E-state index is 13.3. The number of anilines is 1. The van der Waals surface area contributed by atoms with E-state index in [9.17, 15) is 22.8 Å². The summed E-state index contributed by atoms with van der Waals surface area (Å²) in [4.78, 5) is 23.0. The van der Waals surface area contributed by atoms with E-state index < -0.39 is 29.0 Å². The first-order valence-electron chi connectivity index (χ1n) is 6.20. The fourth-order valence-corrected chi connectivity index (χ4v) is 1.80. The van der Waals surface area contributed by atoms with Gasteiger partial charge in [-0.15, -0.1) is 0 Å². The van der Waals surface area contributed by atoms with E-state index in [4.69, 9.17) is 0 Å². The Morgan fingerprint density at radius 3 is 2.45 bits per heavy atom. The summed E-state index contributed by atoms with van der Waals surface area (Å²) in [5.74, 6) is -5.45. The van der Waals surface area contributed by atoms with Crippen molar-refractivity contribution in [2.75, 3.05) is 11.9 Å². The van der Waals surface area contributed by atoms with Crippen LogP contribution >= 0.6 is 0 Å². The Hall–Kier alpha value is -2.05. The highest BCUT2D eigenvalue weighted by Crippen LogP contribution is 2.26. The number of rotatable bonds is 4. The van der Waals surface area contributed by atoms with Gasteiger partial charge in [0.25, 0.3) is 0 Å². The minimum atomic E-state index is -1.65.